The van der Waals surface area contributed by atoms with Crippen LogP contribution in [0.25, 0.3) is 0 Å². The highest BCUT2D eigenvalue weighted by atomic mass is 32.1. The summed E-state index contributed by atoms with van der Waals surface area (Å²) < 4.78 is 0. The average molecular weight is 506 g/mol. The first kappa shape index (κ1) is 30.9. The van der Waals surface area contributed by atoms with Crippen molar-refractivity contribution in [3.63, 3.8) is 0 Å². The van der Waals surface area contributed by atoms with Crippen LogP contribution in [0.4, 0.5) is 0 Å². The number of aliphatic imine (C=N–C) groups is 1. The van der Waals surface area contributed by atoms with Crippen LogP contribution in [0.5, 0.6) is 0 Å². The molecule has 15 heteroatoms. The number of amides is 3. The maximum Gasteiger partial charge on any atom is 0.326 e. The molecule has 5 atom stereocenters. The van der Waals surface area contributed by atoms with Crippen molar-refractivity contribution >= 4 is 48.2 Å². The summed E-state index contributed by atoms with van der Waals surface area (Å²) in [5.74, 6) is -5.78. The highest BCUT2D eigenvalue weighted by Gasteiger charge is 2.33. The summed E-state index contributed by atoms with van der Waals surface area (Å²) in [6.07, 6.45) is 0.287. The van der Waals surface area contributed by atoms with Gasteiger partial charge in [0.2, 0.25) is 17.7 Å². The third-order valence-corrected chi connectivity index (χ3v) is 5.27. The predicted octanol–water partition coefficient (Wildman–Crippen LogP) is -2.64. The molecule has 0 spiro atoms. The summed E-state index contributed by atoms with van der Waals surface area (Å²) in [5, 5.41) is 25.1. The second kappa shape index (κ2) is 15.7. The maximum absolute atomic E-state index is 12.7. The lowest BCUT2D eigenvalue weighted by Crippen LogP contribution is -2.59. The number of carbonyl (C=O) groups excluding carboxylic acids is 3. The quantitative estimate of drug-likeness (QED) is 0.0456. The molecule has 11 N–H and O–H groups in total. The minimum absolute atomic E-state index is 0.0811. The van der Waals surface area contributed by atoms with Crippen molar-refractivity contribution in [1.82, 2.24) is 16.0 Å². The zero-order valence-electron chi connectivity index (χ0n) is 19.2. The van der Waals surface area contributed by atoms with Crippen molar-refractivity contribution in [1.29, 1.82) is 0 Å². The molecule has 5 unspecified atom stereocenters. The third-order valence-electron chi connectivity index (χ3n) is 4.91. The number of carbonyl (C=O) groups is 5. The summed E-state index contributed by atoms with van der Waals surface area (Å²) in [4.78, 5) is 63.7. The van der Waals surface area contributed by atoms with Crippen LogP contribution in [0.1, 0.15) is 39.5 Å². The number of nitrogens with one attached hydrogen (secondary N) is 3. The Morgan fingerprint density at radius 2 is 1.56 bits per heavy atom. The molecule has 0 saturated carbocycles. The Balaban J connectivity index is 5.20. The third kappa shape index (κ3) is 11.7. The van der Waals surface area contributed by atoms with E-state index in [-0.39, 0.29) is 24.7 Å². The van der Waals surface area contributed by atoms with E-state index in [4.69, 9.17) is 27.4 Å². The summed E-state index contributed by atoms with van der Waals surface area (Å²) in [6.45, 7) is 3.69. The van der Waals surface area contributed by atoms with Crippen molar-refractivity contribution in [3.8, 4) is 0 Å². The van der Waals surface area contributed by atoms with Crippen LogP contribution in [-0.4, -0.2) is 82.3 Å². The first-order valence-electron chi connectivity index (χ1n) is 10.6. The molecule has 34 heavy (non-hydrogen) atoms. The van der Waals surface area contributed by atoms with E-state index in [0.717, 1.165) is 0 Å². The minimum atomic E-state index is -1.68. The second-order valence-electron chi connectivity index (χ2n) is 7.67. The predicted molar refractivity (Wildman–Crippen MR) is 127 cm³/mol. The van der Waals surface area contributed by atoms with E-state index in [1.54, 1.807) is 13.8 Å². The summed E-state index contributed by atoms with van der Waals surface area (Å²) in [5.41, 5.74) is 16.3. The smallest absolute Gasteiger partial charge is 0.326 e. The van der Waals surface area contributed by atoms with Gasteiger partial charge in [0, 0.05) is 12.3 Å². The summed E-state index contributed by atoms with van der Waals surface area (Å²) in [7, 11) is 0. The molecule has 0 aromatic carbocycles. The van der Waals surface area contributed by atoms with Crippen LogP contribution in [-0.2, 0) is 24.0 Å². The van der Waals surface area contributed by atoms with E-state index in [2.05, 4.69) is 33.6 Å². The molecule has 0 bridgehead atoms. The fourth-order valence-corrected chi connectivity index (χ4v) is 2.97. The van der Waals surface area contributed by atoms with Crippen molar-refractivity contribution < 1.29 is 34.2 Å². The Bertz CT molecular complexity index is 761. The molecule has 0 saturated heterocycles. The Hall–Kier alpha value is -3.07. The van der Waals surface area contributed by atoms with Crippen molar-refractivity contribution in [2.75, 3.05) is 12.3 Å². The van der Waals surface area contributed by atoms with Gasteiger partial charge in [-0.15, -0.1) is 0 Å². The van der Waals surface area contributed by atoms with Crippen LogP contribution in [0.3, 0.4) is 0 Å². The van der Waals surface area contributed by atoms with Crippen LogP contribution in [0.15, 0.2) is 4.99 Å². The van der Waals surface area contributed by atoms with Crippen LogP contribution in [0.2, 0.25) is 0 Å². The molecule has 0 aliphatic heterocycles. The molecule has 0 rings (SSSR count). The molecule has 0 aliphatic rings. The van der Waals surface area contributed by atoms with Gasteiger partial charge in [0.05, 0.1) is 12.5 Å². The highest BCUT2D eigenvalue weighted by Crippen LogP contribution is 2.10. The molecule has 14 nitrogen and oxygen atoms in total. The molecule has 0 aromatic heterocycles. The van der Waals surface area contributed by atoms with Gasteiger partial charge in [-0.3, -0.25) is 24.2 Å². The summed E-state index contributed by atoms with van der Waals surface area (Å²) >= 11 is 4.07. The number of hydrogen-bond acceptors (Lipinski definition) is 8. The van der Waals surface area contributed by atoms with Gasteiger partial charge in [0.1, 0.15) is 18.1 Å². The number of rotatable bonds is 16. The van der Waals surface area contributed by atoms with E-state index in [1.165, 1.54) is 0 Å². The Morgan fingerprint density at radius 1 is 0.971 bits per heavy atom. The second-order valence-corrected chi connectivity index (χ2v) is 8.03. The number of aliphatic carboxylic acids is 2. The van der Waals surface area contributed by atoms with Crippen LogP contribution < -0.4 is 33.2 Å². The first-order valence-corrected chi connectivity index (χ1v) is 11.2. The zero-order chi connectivity index (χ0) is 26.4. The molecular formula is C19H35N7O7S. The number of hydrogen-bond donors (Lipinski definition) is 9. The van der Waals surface area contributed by atoms with E-state index in [9.17, 15) is 24.0 Å². The van der Waals surface area contributed by atoms with Crippen molar-refractivity contribution in [2.24, 2.45) is 28.1 Å². The lowest BCUT2D eigenvalue weighted by Gasteiger charge is -2.27. The maximum atomic E-state index is 12.7. The van der Waals surface area contributed by atoms with Gasteiger partial charge in [-0.1, -0.05) is 20.3 Å². The van der Waals surface area contributed by atoms with E-state index < -0.39 is 66.2 Å². The van der Waals surface area contributed by atoms with Crippen molar-refractivity contribution in [3.05, 3.63) is 0 Å². The first-order chi connectivity index (χ1) is 15.8. The molecule has 0 fully saturated rings. The monoisotopic (exact) mass is 505 g/mol. The Morgan fingerprint density at radius 3 is 2.03 bits per heavy atom. The van der Waals surface area contributed by atoms with E-state index in [1.807, 2.05) is 0 Å². The Kier molecular flexibility index (Phi) is 14.3. The van der Waals surface area contributed by atoms with E-state index >= 15 is 0 Å². The van der Waals surface area contributed by atoms with Gasteiger partial charge in [-0.05, 0) is 18.8 Å². The number of carboxylic acid groups (broad SMARTS) is 2. The number of thiol groups is 1. The average Bonchev–Trinajstić information content (AvgIpc) is 2.76. The lowest BCUT2D eigenvalue weighted by atomic mass is 9.97. The van der Waals surface area contributed by atoms with Gasteiger partial charge in [-0.2, -0.15) is 12.6 Å². The fourth-order valence-electron chi connectivity index (χ4n) is 2.72. The van der Waals surface area contributed by atoms with Gasteiger partial charge in [0.15, 0.2) is 5.96 Å². The summed E-state index contributed by atoms with van der Waals surface area (Å²) in [6, 6.07) is -4.93. The van der Waals surface area contributed by atoms with Gasteiger partial charge in [-0.25, -0.2) is 4.79 Å². The molecule has 0 aromatic rings. The fraction of sp³-hybridized carbons (Fsp3) is 0.684. The normalized spacial score (nSPS) is 15.1. The number of nitrogens with two attached hydrogens (primary N) is 3. The molecule has 194 valence electrons. The Labute approximate surface area is 202 Å². The van der Waals surface area contributed by atoms with Crippen LogP contribution in [0, 0.1) is 5.92 Å². The van der Waals surface area contributed by atoms with Gasteiger partial charge < -0.3 is 43.4 Å². The number of carboxylic acids is 2. The largest absolute Gasteiger partial charge is 0.481 e. The van der Waals surface area contributed by atoms with Crippen molar-refractivity contribution in [2.45, 2.75) is 63.7 Å². The molecule has 0 heterocycles. The standard InChI is InChI=1S/C19H35N7O7S/c1-3-9(2)14(17(31)24-11(18(32)33)7-13(27)28)26-16(30)12(8-34)25-15(29)10(20)5-4-6-23-19(21)22/h9-12,14,34H,3-8,20H2,1-2H3,(H,24,31)(H,25,29)(H,26,30)(H,27,28)(H,32,33)(H4,21,22,23). The molecule has 0 radical (unpaired) electrons. The minimum Gasteiger partial charge on any atom is -0.481 e. The number of nitrogens with zero attached hydrogens (tertiary/aromatic N) is 1. The molecule has 0 aliphatic carbocycles. The molecule has 3 amide bonds. The van der Waals surface area contributed by atoms with Crippen LogP contribution >= 0.6 is 12.6 Å². The zero-order valence-corrected chi connectivity index (χ0v) is 20.1. The van der Waals surface area contributed by atoms with Gasteiger partial charge in [0.25, 0.3) is 0 Å². The lowest BCUT2D eigenvalue weighted by molar-refractivity contribution is -0.147. The topological polar surface area (TPSA) is 252 Å². The van der Waals surface area contributed by atoms with E-state index in [0.29, 0.717) is 12.8 Å². The number of guanidine groups is 1. The van der Waals surface area contributed by atoms with Gasteiger partial charge >= 0.3 is 11.9 Å². The SMILES string of the molecule is CCC(C)C(NC(=O)C(CS)NC(=O)C(N)CCCN=C(N)N)C(=O)NC(CC(=O)O)C(=O)O. The highest BCUT2D eigenvalue weighted by molar-refractivity contribution is 7.80. The molecular weight excluding hydrogens is 470 g/mol.